The van der Waals surface area contributed by atoms with Gasteiger partial charge in [-0.05, 0) is 24.1 Å². The van der Waals surface area contributed by atoms with Crippen LogP contribution in [0.2, 0.25) is 5.02 Å². The van der Waals surface area contributed by atoms with Crippen molar-refractivity contribution in [2.75, 3.05) is 29.2 Å². The molecular formula is C15H19ClN4O3S3. The lowest BCUT2D eigenvalue weighted by atomic mass is 10.2. The highest BCUT2D eigenvalue weighted by Crippen LogP contribution is 2.28. The number of benzene rings is 1. The number of sulfone groups is 1. The van der Waals surface area contributed by atoms with Crippen LogP contribution in [0.25, 0.3) is 0 Å². The van der Waals surface area contributed by atoms with E-state index >= 15 is 0 Å². The maximum atomic E-state index is 12.1. The van der Waals surface area contributed by atoms with Gasteiger partial charge in [-0.1, -0.05) is 48.5 Å². The highest BCUT2D eigenvalue weighted by molar-refractivity contribution is 8.01. The van der Waals surface area contributed by atoms with Crippen LogP contribution in [0.3, 0.4) is 0 Å². The number of aromatic nitrogens is 2. The summed E-state index contributed by atoms with van der Waals surface area (Å²) in [6, 6.07) is 4.19. The second-order valence-electron chi connectivity index (χ2n) is 5.90. The lowest BCUT2D eigenvalue weighted by Gasteiger charge is -2.08. The number of amides is 1. The van der Waals surface area contributed by atoms with Crippen molar-refractivity contribution in [3.8, 4) is 0 Å². The van der Waals surface area contributed by atoms with Crippen LogP contribution in [-0.2, 0) is 14.6 Å². The van der Waals surface area contributed by atoms with Crippen molar-refractivity contribution in [2.45, 2.75) is 23.1 Å². The van der Waals surface area contributed by atoms with Gasteiger partial charge in [-0.2, -0.15) is 0 Å². The molecule has 0 saturated heterocycles. The molecule has 1 heterocycles. The van der Waals surface area contributed by atoms with Crippen LogP contribution >= 0.6 is 34.7 Å². The molecule has 2 rings (SSSR count). The minimum atomic E-state index is -3.38. The summed E-state index contributed by atoms with van der Waals surface area (Å²) in [5.74, 6) is 0.292. The Morgan fingerprint density at radius 3 is 2.73 bits per heavy atom. The normalized spacial score (nSPS) is 11.6. The topological polar surface area (TPSA) is 101 Å². The molecule has 0 saturated carbocycles. The minimum absolute atomic E-state index is 0.0924. The van der Waals surface area contributed by atoms with Gasteiger partial charge in [0.2, 0.25) is 11.0 Å². The predicted molar refractivity (Wildman–Crippen MR) is 107 cm³/mol. The van der Waals surface area contributed by atoms with Crippen molar-refractivity contribution < 1.29 is 13.2 Å². The molecule has 0 bridgehead atoms. The molecule has 1 aromatic carbocycles. The van der Waals surface area contributed by atoms with Crippen molar-refractivity contribution in [1.82, 2.24) is 10.2 Å². The Balaban J connectivity index is 1.93. The van der Waals surface area contributed by atoms with Gasteiger partial charge in [0.1, 0.15) is 0 Å². The number of hydrogen-bond donors (Lipinski definition) is 2. The summed E-state index contributed by atoms with van der Waals surface area (Å²) in [5, 5.41) is 14.8. The van der Waals surface area contributed by atoms with Crippen LogP contribution in [0.4, 0.5) is 10.8 Å². The number of carbonyl (C=O) groups excluding carboxylic acids is 1. The number of thioether (sulfide) groups is 1. The molecule has 0 spiro atoms. The van der Waals surface area contributed by atoms with Crippen LogP contribution in [0.5, 0.6) is 0 Å². The van der Waals surface area contributed by atoms with Gasteiger partial charge in [0.05, 0.1) is 21.4 Å². The number of carbonyl (C=O) groups is 1. The molecule has 26 heavy (non-hydrogen) atoms. The van der Waals surface area contributed by atoms with Gasteiger partial charge >= 0.3 is 0 Å². The first-order valence-corrected chi connectivity index (χ1v) is 11.7. The lowest BCUT2D eigenvalue weighted by Crippen LogP contribution is -2.14. The SMILES string of the molecule is CC(C)CNc1nnc(SCC(=O)Nc2cc(S(C)(=O)=O)ccc2Cl)s1. The van der Waals surface area contributed by atoms with Crippen LogP contribution in [0, 0.1) is 5.92 Å². The first kappa shape index (κ1) is 20.9. The zero-order valence-electron chi connectivity index (χ0n) is 14.4. The molecule has 2 aromatic rings. The number of halogens is 1. The van der Waals surface area contributed by atoms with Crippen molar-refractivity contribution >= 4 is 61.3 Å². The molecule has 0 aliphatic rings. The van der Waals surface area contributed by atoms with E-state index in [0.29, 0.717) is 15.4 Å². The molecule has 1 aromatic heterocycles. The van der Waals surface area contributed by atoms with E-state index in [1.165, 1.54) is 41.3 Å². The largest absolute Gasteiger partial charge is 0.360 e. The van der Waals surface area contributed by atoms with E-state index in [1.807, 2.05) is 0 Å². The Kier molecular flexibility index (Phi) is 7.27. The molecular weight excluding hydrogens is 416 g/mol. The molecule has 7 nitrogen and oxygen atoms in total. The van der Waals surface area contributed by atoms with Crippen LogP contribution < -0.4 is 10.6 Å². The standard InChI is InChI=1S/C15H19ClN4O3S3/c1-9(2)7-17-14-19-20-15(25-14)24-8-13(21)18-12-6-10(26(3,22)23)4-5-11(12)16/h4-6,9H,7-8H2,1-3H3,(H,17,19)(H,18,21). The molecule has 1 amide bonds. The van der Waals surface area contributed by atoms with Gasteiger partial charge in [-0.25, -0.2) is 8.42 Å². The molecule has 0 fully saturated rings. The molecule has 0 aliphatic heterocycles. The average molecular weight is 435 g/mol. The Morgan fingerprint density at radius 2 is 2.08 bits per heavy atom. The monoisotopic (exact) mass is 434 g/mol. The number of nitrogens with one attached hydrogen (secondary N) is 2. The van der Waals surface area contributed by atoms with E-state index in [-0.39, 0.29) is 27.3 Å². The Morgan fingerprint density at radius 1 is 1.35 bits per heavy atom. The molecule has 0 atom stereocenters. The van der Waals surface area contributed by atoms with E-state index < -0.39 is 9.84 Å². The average Bonchev–Trinajstić information content (AvgIpc) is 3.00. The van der Waals surface area contributed by atoms with Crippen molar-refractivity contribution in [3.05, 3.63) is 23.2 Å². The van der Waals surface area contributed by atoms with E-state index in [2.05, 4.69) is 34.7 Å². The Hall–Kier alpha value is -1.36. The molecule has 142 valence electrons. The van der Waals surface area contributed by atoms with E-state index in [9.17, 15) is 13.2 Å². The zero-order valence-corrected chi connectivity index (χ0v) is 17.7. The van der Waals surface area contributed by atoms with Crippen molar-refractivity contribution in [1.29, 1.82) is 0 Å². The van der Waals surface area contributed by atoms with Gasteiger partial charge in [-0.3, -0.25) is 4.79 Å². The summed E-state index contributed by atoms with van der Waals surface area (Å²) in [5.41, 5.74) is 0.261. The molecule has 0 unspecified atom stereocenters. The fraction of sp³-hybridized carbons (Fsp3) is 0.400. The number of hydrogen-bond acceptors (Lipinski definition) is 8. The third-order valence-electron chi connectivity index (χ3n) is 3.03. The van der Waals surface area contributed by atoms with Gasteiger partial charge in [0, 0.05) is 12.8 Å². The lowest BCUT2D eigenvalue weighted by molar-refractivity contribution is -0.113. The Labute approximate surface area is 165 Å². The van der Waals surface area contributed by atoms with E-state index in [0.717, 1.165) is 12.8 Å². The van der Waals surface area contributed by atoms with E-state index in [4.69, 9.17) is 11.6 Å². The summed E-state index contributed by atoms with van der Waals surface area (Å²) in [4.78, 5) is 12.2. The summed E-state index contributed by atoms with van der Waals surface area (Å²) in [7, 11) is -3.38. The van der Waals surface area contributed by atoms with Crippen molar-refractivity contribution in [3.63, 3.8) is 0 Å². The van der Waals surface area contributed by atoms with Gasteiger partial charge in [0.15, 0.2) is 14.2 Å². The molecule has 2 N–H and O–H groups in total. The quantitative estimate of drug-likeness (QED) is 0.614. The van der Waals surface area contributed by atoms with Gasteiger partial charge in [-0.15, -0.1) is 10.2 Å². The highest BCUT2D eigenvalue weighted by atomic mass is 35.5. The summed E-state index contributed by atoms with van der Waals surface area (Å²) in [6.07, 6.45) is 1.10. The van der Waals surface area contributed by atoms with Crippen LogP contribution in [0.15, 0.2) is 27.4 Å². The first-order chi connectivity index (χ1) is 12.1. The summed E-state index contributed by atoms with van der Waals surface area (Å²) in [6.45, 7) is 4.99. The number of rotatable bonds is 8. The predicted octanol–water partition coefficient (Wildman–Crippen LogP) is 3.39. The van der Waals surface area contributed by atoms with Crippen LogP contribution in [-0.4, -0.2) is 43.1 Å². The molecule has 0 aliphatic carbocycles. The first-order valence-electron chi connectivity index (χ1n) is 7.65. The fourth-order valence-corrected chi connectivity index (χ4v) is 4.15. The minimum Gasteiger partial charge on any atom is -0.360 e. The summed E-state index contributed by atoms with van der Waals surface area (Å²) < 4.78 is 23.9. The number of anilines is 2. The fourth-order valence-electron chi connectivity index (χ4n) is 1.78. The zero-order chi connectivity index (χ0) is 19.3. The molecule has 11 heteroatoms. The van der Waals surface area contributed by atoms with Gasteiger partial charge < -0.3 is 10.6 Å². The molecule has 0 radical (unpaired) electrons. The smallest absolute Gasteiger partial charge is 0.234 e. The third kappa shape index (κ3) is 6.42. The third-order valence-corrected chi connectivity index (χ3v) is 6.49. The Bertz CT molecular complexity index is 884. The summed E-state index contributed by atoms with van der Waals surface area (Å²) >= 11 is 8.65. The maximum Gasteiger partial charge on any atom is 0.234 e. The van der Waals surface area contributed by atoms with Crippen LogP contribution in [0.1, 0.15) is 13.8 Å². The van der Waals surface area contributed by atoms with Gasteiger partial charge in [0.25, 0.3) is 0 Å². The van der Waals surface area contributed by atoms with E-state index in [1.54, 1.807) is 0 Å². The highest BCUT2D eigenvalue weighted by Gasteiger charge is 2.13. The maximum absolute atomic E-state index is 12.1. The van der Waals surface area contributed by atoms with Crippen molar-refractivity contribution in [2.24, 2.45) is 5.92 Å². The number of nitrogens with zero attached hydrogens (tertiary/aromatic N) is 2. The second kappa shape index (κ2) is 9.03. The second-order valence-corrected chi connectivity index (χ2v) is 10.5.